The van der Waals surface area contributed by atoms with Crippen molar-refractivity contribution in [3.63, 3.8) is 0 Å². The van der Waals surface area contributed by atoms with Crippen LogP contribution in [-0.4, -0.2) is 14.1 Å². The predicted molar refractivity (Wildman–Crippen MR) is 288 cm³/mol. The van der Waals surface area contributed by atoms with E-state index in [2.05, 4.69) is 228 Å². The molecule has 72 heavy (non-hydrogen) atoms. The molecule has 0 aliphatic carbocycles. The predicted octanol–water partition coefficient (Wildman–Crippen LogP) is 16.8. The minimum absolute atomic E-state index is 0. The number of benzene rings is 9. The van der Waals surface area contributed by atoms with Crippen LogP contribution in [0.15, 0.2) is 212 Å². The van der Waals surface area contributed by atoms with Crippen LogP contribution < -0.4 is 14.5 Å². The molecule has 0 fully saturated rings. The van der Waals surface area contributed by atoms with Crippen molar-refractivity contribution in [2.45, 2.75) is 26.2 Å². The largest absolute Gasteiger partial charge is 0.509 e. The Balaban J connectivity index is 0.00000530. The Labute approximate surface area is 432 Å². The monoisotopic (exact) mass is 1110 g/mol. The molecule has 9 aromatic carbocycles. The van der Waals surface area contributed by atoms with E-state index < -0.39 is 0 Å². The molecule has 8 heteroatoms. The Morgan fingerprint density at radius 2 is 1.10 bits per heavy atom. The summed E-state index contributed by atoms with van der Waals surface area (Å²) in [7, 11) is 0. The number of fused-ring (bicyclic) bond motifs is 7. The second kappa shape index (κ2) is 17.9. The molecule has 0 N–H and O–H groups in total. The van der Waals surface area contributed by atoms with Crippen molar-refractivity contribution in [1.82, 2.24) is 14.1 Å². The van der Waals surface area contributed by atoms with Crippen molar-refractivity contribution in [3.8, 4) is 45.3 Å². The average molecular weight is 1110 g/mol. The average Bonchev–Trinajstić information content (AvgIpc) is 4.07. The first-order valence-electron chi connectivity index (χ1n) is 23.9. The fourth-order valence-corrected chi connectivity index (χ4v) is 10.3. The normalized spacial score (nSPS) is 12.5. The molecule has 0 atom stereocenters. The van der Waals surface area contributed by atoms with E-state index in [1.807, 2.05) is 30.5 Å². The first kappa shape index (κ1) is 44.9. The van der Waals surface area contributed by atoms with Crippen molar-refractivity contribution in [3.05, 3.63) is 243 Å². The van der Waals surface area contributed by atoms with Gasteiger partial charge in [-0.1, -0.05) is 165 Å². The van der Waals surface area contributed by atoms with E-state index in [0.29, 0.717) is 11.5 Å². The first-order valence-corrected chi connectivity index (χ1v) is 23.9. The number of anilines is 4. The van der Waals surface area contributed by atoms with Gasteiger partial charge >= 0.3 is 0 Å². The maximum Gasteiger partial charge on any atom is 0.135 e. The Morgan fingerprint density at radius 1 is 0.514 bits per heavy atom. The number of aromatic nitrogens is 3. The van der Waals surface area contributed by atoms with Gasteiger partial charge in [-0.3, -0.25) is 0 Å². The van der Waals surface area contributed by atoms with Gasteiger partial charge in [-0.25, -0.2) is 9.37 Å². The molecule has 13 rings (SSSR count). The zero-order valence-electron chi connectivity index (χ0n) is 39.6. The third kappa shape index (κ3) is 7.64. The number of hydrogen-bond acceptors (Lipinski definition) is 4. The molecule has 0 saturated heterocycles. The summed E-state index contributed by atoms with van der Waals surface area (Å²) in [5.41, 5.74) is 13.8. The number of ether oxygens (including phenoxy) is 1. The van der Waals surface area contributed by atoms with Gasteiger partial charge in [0.1, 0.15) is 11.6 Å². The van der Waals surface area contributed by atoms with Gasteiger partial charge in [0, 0.05) is 83.2 Å². The van der Waals surface area contributed by atoms with Crippen molar-refractivity contribution in [1.29, 1.82) is 0 Å². The molecule has 0 saturated carbocycles. The minimum atomic E-state index is -0.279. The van der Waals surface area contributed by atoms with Gasteiger partial charge in [-0.15, -0.1) is 42.4 Å². The van der Waals surface area contributed by atoms with Crippen LogP contribution in [0.5, 0.6) is 11.5 Å². The summed E-state index contributed by atoms with van der Waals surface area (Å²) in [6.07, 6.45) is 1.89. The number of nitrogens with zero attached hydrogens (tertiary/aromatic N) is 5. The van der Waals surface area contributed by atoms with E-state index in [-0.39, 0.29) is 32.3 Å². The molecule has 12 aromatic rings. The van der Waals surface area contributed by atoms with Gasteiger partial charge < -0.3 is 23.7 Å². The van der Waals surface area contributed by atoms with Crippen LogP contribution in [-0.2, 0) is 26.5 Å². The van der Waals surface area contributed by atoms with Crippen LogP contribution in [0.2, 0.25) is 0 Å². The van der Waals surface area contributed by atoms with Crippen LogP contribution in [0, 0.1) is 24.6 Å². The standard InChI is InChI=1S/C64H45FN5O.Pt/c1-64(2,3)44-34-35-66-62(36-44)70-58-25-12-9-20-54(58)55-33-32-48(40-61(55)70)71-49-38-46(37-47(39-49)69-56-23-10-7-18-52(56)53-19-8-11-24-57(53)69)67-41-68(60-27-14-13-26-59(60)67)63-50(42-16-5-4-6-17-42)21-15-22-51(63)43-28-30-45(65)31-29-43;/h4-37,39,41H,1-3H3;/q-3;. The Bertz CT molecular complexity index is 3970. The Kier molecular flexibility index (Phi) is 11.1. The Hall–Kier alpha value is -8.25. The van der Waals surface area contributed by atoms with E-state index in [0.717, 1.165) is 100 Å². The van der Waals surface area contributed by atoms with Crippen LogP contribution in [0.3, 0.4) is 0 Å². The van der Waals surface area contributed by atoms with Gasteiger partial charge in [-0.2, -0.15) is 6.07 Å². The first-order chi connectivity index (χ1) is 34.7. The van der Waals surface area contributed by atoms with Gasteiger partial charge in [-0.05, 0) is 82.1 Å². The van der Waals surface area contributed by atoms with E-state index >= 15 is 0 Å². The number of para-hydroxylation sites is 6. The molecule has 352 valence electrons. The molecule has 6 nitrogen and oxygen atoms in total. The smallest absolute Gasteiger partial charge is 0.135 e. The Morgan fingerprint density at radius 3 is 1.76 bits per heavy atom. The molecule has 0 amide bonds. The van der Waals surface area contributed by atoms with Crippen molar-refractivity contribution < 1.29 is 30.2 Å². The molecule has 1 aliphatic heterocycles. The summed E-state index contributed by atoms with van der Waals surface area (Å²) >= 11 is 0. The third-order valence-corrected chi connectivity index (χ3v) is 13.7. The molecule has 0 unspecified atom stereocenters. The molecule has 1 aliphatic rings. The summed E-state index contributed by atoms with van der Waals surface area (Å²) in [5.74, 6) is 1.61. The van der Waals surface area contributed by atoms with E-state index in [4.69, 9.17) is 9.72 Å². The fraction of sp³-hybridized carbons (Fsp3) is 0.0625. The van der Waals surface area contributed by atoms with Crippen molar-refractivity contribution >= 4 is 66.4 Å². The topological polar surface area (TPSA) is 38.5 Å². The molecule has 4 heterocycles. The quantitative estimate of drug-likeness (QED) is 0.142. The molecule has 0 bridgehead atoms. The summed E-state index contributed by atoms with van der Waals surface area (Å²) in [6, 6.07) is 77.5. The number of hydrogen-bond donors (Lipinski definition) is 0. The molecule has 0 radical (unpaired) electrons. The van der Waals surface area contributed by atoms with Crippen LogP contribution in [0.4, 0.5) is 27.1 Å². The molecule has 0 spiro atoms. The third-order valence-electron chi connectivity index (χ3n) is 13.7. The number of halogens is 1. The van der Waals surface area contributed by atoms with Crippen LogP contribution in [0.1, 0.15) is 26.3 Å². The molecular weight excluding hydrogens is 1070 g/mol. The zero-order valence-corrected chi connectivity index (χ0v) is 41.9. The van der Waals surface area contributed by atoms with Crippen molar-refractivity contribution in [2.75, 3.05) is 9.80 Å². The van der Waals surface area contributed by atoms with E-state index in [1.165, 1.54) is 17.7 Å². The van der Waals surface area contributed by atoms with Crippen LogP contribution in [0.25, 0.3) is 77.4 Å². The number of pyridine rings is 1. The van der Waals surface area contributed by atoms with Gasteiger partial charge in [0.05, 0.1) is 11.0 Å². The maximum absolute atomic E-state index is 14.5. The van der Waals surface area contributed by atoms with Gasteiger partial charge in [0.25, 0.3) is 0 Å². The minimum Gasteiger partial charge on any atom is -0.509 e. The summed E-state index contributed by atoms with van der Waals surface area (Å²) < 4.78 is 26.0. The number of rotatable bonds is 8. The maximum atomic E-state index is 14.5. The second-order valence-corrected chi connectivity index (χ2v) is 19.1. The summed E-state index contributed by atoms with van der Waals surface area (Å²) in [4.78, 5) is 9.35. The van der Waals surface area contributed by atoms with Gasteiger partial charge in [0.2, 0.25) is 0 Å². The molecular formula is C64H45FN5OPt-3. The van der Waals surface area contributed by atoms with Crippen LogP contribution >= 0.6 is 0 Å². The SMILES string of the molecule is CC(C)(C)c1ccnc(-n2c3[c-]c(Oc4[c-]c(N5[CH-]N(c6c(-c7ccccc7)cccc6-c6ccc(F)cc6)c6ccccc65)cc(-n5c6ccccc6c6ccccc65)c4)ccc3c3ccccc32)c1.[Pt]. The molecule has 3 aromatic heterocycles. The second-order valence-electron chi connectivity index (χ2n) is 19.1. The van der Waals surface area contributed by atoms with E-state index in [9.17, 15) is 4.39 Å². The summed E-state index contributed by atoms with van der Waals surface area (Å²) in [5, 5.41) is 4.48. The van der Waals surface area contributed by atoms with Gasteiger partial charge in [0.15, 0.2) is 0 Å². The fourth-order valence-electron chi connectivity index (χ4n) is 10.3. The van der Waals surface area contributed by atoms with E-state index in [1.54, 1.807) is 0 Å². The summed E-state index contributed by atoms with van der Waals surface area (Å²) in [6.45, 7) is 8.80. The van der Waals surface area contributed by atoms with Crippen molar-refractivity contribution in [2.24, 2.45) is 0 Å². The zero-order chi connectivity index (χ0) is 47.8.